The van der Waals surface area contributed by atoms with E-state index in [2.05, 4.69) is 53.0 Å². The zero-order chi connectivity index (χ0) is 13.8. The minimum absolute atomic E-state index is 0.582. The number of alkyl halides is 1. The standard InChI is InChI=1S/C16H21BrN2/c1-12-3-6-15(7-4-12)19(2)16-8-5-13(10-17)9-14(16)11-18/h5,8-9,12,15H,3-4,6-7,10H2,1-2H3. The summed E-state index contributed by atoms with van der Waals surface area (Å²) in [7, 11) is 2.13. The molecular formula is C16H21BrN2. The average Bonchev–Trinajstić information content (AvgIpc) is 2.46. The van der Waals surface area contributed by atoms with Gasteiger partial charge in [0.1, 0.15) is 6.07 Å². The Bertz CT molecular complexity index is 470. The molecule has 0 aromatic heterocycles. The second-order valence-electron chi connectivity index (χ2n) is 5.62. The molecule has 0 amide bonds. The molecule has 1 aromatic carbocycles. The quantitative estimate of drug-likeness (QED) is 0.768. The zero-order valence-corrected chi connectivity index (χ0v) is 13.3. The van der Waals surface area contributed by atoms with E-state index in [0.717, 1.165) is 28.1 Å². The normalized spacial score (nSPS) is 22.8. The van der Waals surface area contributed by atoms with E-state index in [0.29, 0.717) is 6.04 Å². The van der Waals surface area contributed by atoms with Crippen molar-refractivity contribution in [3.63, 3.8) is 0 Å². The fourth-order valence-corrected chi connectivity index (χ4v) is 3.24. The number of halogens is 1. The van der Waals surface area contributed by atoms with Gasteiger partial charge >= 0.3 is 0 Å². The van der Waals surface area contributed by atoms with Gasteiger partial charge in [-0.15, -0.1) is 0 Å². The van der Waals surface area contributed by atoms with Crippen LogP contribution in [-0.2, 0) is 5.33 Å². The van der Waals surface area contributed by atoms with Crippen molar-refractivity contribution < 1.29 is 0 Å². The van der Waals surface area contributed by atoms with E-state index in [4.69, 9.17) is 0 Å². The fourth-order valence-electron chi connectivity index (χ4n) is 2.89. The molecule has 0 aliphatic heterocycles. The van der Waals surface area contributed by atoms with Crippen LogP contribution in [0.5, 0.6) is 0 Å². The molecule has 2 nitrogen and oxygen atoms in total. The fraction of sp³-hybridized carbons (Fsp3) is 0.562. The molecule has 1 aliphatic carbocycles. The average molecular weight is 321 g/mol. The third kappa shape index (κ3) is 3.30. The van der Waals surface area contributed by atoms with Gasteiger partial charge in [-0.2, -0.15) is 5.26 Å². The molecule has 2 rings (SSSR count). The van der Waals surface area contributed by atoms with Crippen LogP contribution in [0.3, 0.4) is 0 Å². The summed E-state index contributed by atoms with van der Waals surface area (Å²) in [5, 5.41) is 10.1. The van der Waals surface area contributed by atoms with Crippen molar-refractivity contribution in [2.75, 3.05) is 11.9 Å². The van der Waals surface area contributed by atoms with Gasteiger partial charge in [-0.3, -0.25) is 0 Å². The van der Waals surface area contributed by atoms with E-state index in [-0.39, 0.29) is 0 Å². The number of nitrogens with zero attached hydrogens (tertiary/aromatic N) is 2. The summed E-state index contributed by atoms with van der Waals surface area (Å²) in [6.07, 6.45) is 5.08. The Morgan fingerprint density at radius 3 is 2.58 bits per heavy atom. The molecule has 0 spiro atoms. The predicted octanol–water partition coefficient (Wildman–Crippen LogP) is 4.47. The van der Waals surface area contributed by atoms with E-state index in [1.54, 1.807) is 0 Å². The van der Waals surface area contributed by atoms with Crippen LogP contribution in [-0.4, -0.2) is 13.1 Å². The molecule has 0 radical (unpaired) electrons. The second kappa shape index (κ2) is 6.43. The lowest BCUT2D eigenvalue weighted by atomic mass is 9.86. The third-order valence-corrected chi connectivity index (χ3v) is 4.90. The lowest BCUT2D eigenvalue weighted by Gasteiger charge is -2.35. The maximum absolute atomic E-state index is 9.34. The van der Waals surface area contributed by atoms with Gasteiger partial charge in [-0.05, 0) is 49.3 Å². The van der Waals surface area contributed by atoms with Crippen LogP contribution in [0.2, 0.25) is 0 Å². The first-order valence-corrected chi connectivity index (χ1v) is 8.09. The molecule has 3 heteroatoms. The Labute approximate surface area is 124 Å². The molecular weight excluding hydrogens is 300 g/mol. The highest BCUT2D eigenvalue weighted by Crippen LogP contribution is 2.31. The van der Waals surface area contributed by atoms with Crippen LogP contribution < -0.4 is 4.90 Å². The van der Waals surface area contributed by atoms with Gasteiger partial charge in [0.25, 0.3) is 0 Å². The molecule has 1 saturated carbocycles. The number of hydrogen-bond acceptors (Lipinski definition) is 2. The highest BCUT2D eigenvalue weighted by atomic mass is 79.9. The molecule has 102 valence electrons. The smallest absolute Gasteiger partial charge is 0.101 e. The van der Waals surface area contributed by atoms with Crippen molar-refractivity contribution in [2.45, 2.75) is 44.0 Å². The van der Waals surface area contributed by atoms with Crippen molar-refractivity contribution >= 4 is 21.6 Å². The summed E-state index contributed by atoms with van der Waals surface area (Å²) in [5.41, 5.74) is 3.02. The molecule has 0 N–H and O–H groups in total. The number of benzene rings is 1. The summed E-state index contributed by atoms with van der Waals surface area (Å²) >= 11 is 3.44. The Morgan fingerprint density at radius 1 is 1.32 bits per heavy atom. The summed E-state index contributed by atoms with van der Waals surface area (Å²) in [6.45, 7) is 2.34. The molecule has 1 aromatic rings. The van der Waals surface area contributed by atoms with Crippen molar-refractivity contribution in [1.82, 2.24) is 0 Å². The van der Waals surface area contributed by atoms with Crippen LogP contribution in [0.25, 0.3) is 0 Å². The SMILES string of the molecule is CC1CCC(N(C)c2ccc(CBr)cc2C#N)CC1. The summed E-state index contributed by atoms with van der Waals surface area (Å²) < 4.78 is 0. The number of anilines is 1. The first kappa shape index (κ1) is 14.4. The molecule has 19 heavy (non-hydrogen) atoms. The lowest BCUT2D eigenvalue weighted by Crippen LogP contribution is -2.35. The number of rotatable bonds is 3. The summed E-state index contributed by atoms with van der Waals surface area (Å²) in [5.74, 6) is 0.857. The number of nitriles is 1. The van der Waals surface area contributed by atoms with Crippen molar-refractivity contribution in [3.8, 4) is 6.07 Å². The second-order valence-corrected chi connectivity index (χ2v) is 6.18. The van der Waals surface area contributed by atoms with Gasteiger partial charge in [0.15, 0.2) is 0 Å². The van der Waals surface area contributed by atoms with Gasteiger partial charge < -0.3 is 4.90 Å². The van der Waals surface area contributed by atoms with Crippen LogP contribution in [0, 0.1) is 17.2 Å². The Balaban J connectivity index is 2.19. The van der Waals surface area contributed by atoms with E-state index in [1.807, 2.05) is 6.07 Å². The van der Waals surface area contributed by atoms with E-state index in [1.165, 1.54) is 25.7 Å². The van der Waals surface area contributed by atoms with Gasteiger partial charge in [0.2, 0.25) is 0 Å². The lowest BCUT2D eigenvalue weighted by molar-refractivity contribution is 0.340. The molecule has 1 aliphatic rings. The van der Waals surface area contributed by atoms with Crippen molar-refractivity contribution in [2.24, 2.45) is 5.92 Å². The Kier molecular flexibility index (Phi) is 4.87. The van der Waals surface area contributed by atoms with Crippen LogP contribution >= 0.6 is 15.9 Å². The molecule has 0 bridgehead atoms. The largest absolute Gasteiger partial charge is 0.371 e. The van der Waals surface area contributed by atoms with Crippen LogP contribution in [0.15, 0.2) is 18.2 Å². The first-order chi connectivity index (χ1) is 9.15. The highest BCUT2D eigenvalue weighted by molar-refractivity contribution is 9.08. The Morgan fingerprint density at radius 2 is 2.00 bits per heavy atom. The van der Waals surface area contributed by atoms with E-state index in [9.17, 15) is 5.26 Å². The number of hydrogen-bond donors (Lipinski definition) is 0. The van der Waals surface area contributed by atoms with Crippen LogP contribution in [0.4, 0.5) is 5.69 Å². The molecule has 1 fully saturated rings. The maximum atomic E-state index is 9.34. The summed E-state index contributed by atoms with van der Waals surface area (Å²) in [4.78, 5) is 2.31. The monoisotopic (exact) mass is 320 g/mol. The van der Waals surface area contributed by atoms with E-state index < -0.39 is 0 Å². The predicted molar refractivity (Wildman–Crippen MR) is 83.6 cm³/mol. The molecule has 0 unspecified atom stereocenters. The van der Waals surface area contributed by atoms with E-state index >= 15 is 0 Å². The molecule has 0 atom stereocenters. The molecule has 0 heterocycles. The minimum atomic E-state index is 0.582. The summed E-state index contributed by atoms with van der Waals surface area (Å²) in [6, 6.07) is 9.10. The van der Waals surface area contributed by atoms with Gasteiger partial charge in [0, 0.05) is 18.4 Å². The van der Waals surface area contributed by atoms with Gasteiger partial charge in [-0.1, -0.05) is 28.9 Å². The molecule has 0 saturated heterocycles. The van der Waals surface area contributed by atoms with Crippen molar-refractivity contribution in [3.05, 3.63) is 29.3 Å². The minimum Gasteiger partial charge on any atom is -0.371 e. The third-order valence-electron chi connectivity index (χ3n) is 4.25. The zero-order valence-electron chi connectivity index (χ0n) is 11.7. The van der Waals surface area contributed by atoms with Crippen molar-refractivity contribution in [1.29, 1.82) is 5.26 Å². The Hall–Kier alpha value is -1.01. The topological polar surface area (TPSA) is 27.0 Å². The maximum Gasteiger partial charge on any atom is 0.101 e. The first-order valence-electron chi connectivity index (χ1n) is 6.97. The van der Waals surface area contributed by atoms with Gasteiger partial charge in [-0.25, -0.2) is 0 Å². The van der Waals surface area contributed by atoms with Crippen LogP contribution in [0.1, 0.15) is 43.7 Å². The van der Waals surface area contributed by atoms with Gasteiger partial charge in [0.05, 0.1) is 11.3 Å². The highest BCUT2D eigenvalue weighted by Gasteiger charge is 2.23.